The zero-order valence-electron chi connectivity index (χ0n) is 15.2. The van der Waals surface area contributed by atoms with E-state index in [0.717, 1.165) is 17.4 Å². The standard InChI is InChI=1S/C20H22BClO4/c1-14-12-20(2,3)26-21(25-14)16-9-10-18(22)17(11-16)19(23)24-13-15-7-5-4-6-8-15/h4-11,14H,12-13H2,1-3H3. The Morgan fingerprint density at radius 1 is 1.27 bits per heavy atom. The minimum absolute atomic E-state index is 0.0629. The van der Waals surface area contributed by atoms with Crippen LogP contribution in [0.1, 0.15) is 43.1 Å². The number of ether oxygens (including phenoxy) is 1. The predicted octanol–water partition coefficient (Wildman–Crippen LogP) is 4.00. The van der Waals surface area contributed by atoms with Crippen LogP contribution in [-0.2, 0) is 20.7 Å². The highest BCUT2D eigenvalue weighted by atomic mass is 35.5. The Hall–Kier alpha value is -1.82. The van der Waals surface area contributed by atoms with Gasteiger partial charge >= 0.3 is 13.1 Å². The Labute approximate surface area is 159 Å². The van der Waals surface area contributed by atoms with E-state index < -0.39 is 13.1 Å². The summed E-state index contributed by atoms with van der Waals surface area (Å²) in [4.78, 5) is 12.5. The van der Waals surface area contributed by atoms with Gasteiger partial charge in [0.05, 0.1) is 16.2 Å². The quantitative estimate of drug-likeness (QED) is 0.601. The van der Waals surface area contributed by atoms with E-state index in [1.165, 1.54) is 0 Å². The normalized spacial score (nSPS) is 19.2. The zero-order valence-corrected chi connectivity index (χ0v) is 16.0. The summed E-state index contributed by atoms with van der Waals surface area (Å²) >= 11 is 6.21. The Bertz CT molecular complexity index is 779. The van der Waals surface area contributed by atoms with Gasteiger partial charge in [-0.15, -0.1) is 0 Å². The smallest absolute Gasteiger partial charge is 0.457 e. The van der Waals surface area contributed by atoms with Crippen molar-refractivity contribution in [1.82, 2.24) is 0 Å². The van der Waals surface area contributed by atoms with E-state index in [-0.39, 0.29) is 18.3 Å². The molecule has 3 rings (SSSR count). The summed E-state index contributed by atoms with van der Waals surface area (Å²) < 4.78 is 17.3. The molecule has 1 fully saturated rings. The van der Waals surface area contributed by atoms with Gasteiger partial charge in [-0.05, 0) is 50.4 Å². The first-order valence-corrected chi connectivity index (χ1v) is 9.06. The third kappa shape index (κ3) is 4.67. The maximum atomic E-state index is 12.5. The fourth-order valence-electron chi connectivity index (χ4n) is 3.11. The summed E-state index contributed by atoms with van der Waals surface area (Å²) in [6.07, 6.45) is 0.871. The molecule has 26 heavy (non-hydrogen) atoms. The fourth-order valence-corrected chi connectivity index (χ4v) is 3.31. The SMILES string of the molecule is CC1CC(C)(C)OB(c2ccc(Cl)c(C(=O)OCc3ccccc3)c2)O1. The largest absolute Gasteiger partial charge is 0.494 e. The molecule has 0 amide bonds. The van der Waals surface area contributed by atoms with Crippen molar-refractivity contribution < 1.29 is 18.8 Å². The van der Waals surface area contributed by atoms with Gasteiger partial charge in [0.1, 0.15) is 6.61 Å². The number of rotatable bonds is 4. The summed E-state index contributed by atoms with van der Waals surface area (Å²) in [6.45, 7) is 6.27. The maximum absolute atomic E-state index is 12.5. The van der Waals surface area contributed by atoms with E-state index in [0.29, 0.717) is 10.6 Å². The monoisotopic (exact) mass is 372 g/mol. The van der Waals surface area contributed by atoms with Crippen LogP contribution in [0, 0.1) is 0 Å². The second-order valence-electron chi connectivity index (χ2n) is 7.16. The van der Waals surface area contributed by atoms with Gasteiger partial charge in [-0.1, -0.05) is 48.0 Å². The summed E-state index contributed by atoms with van der Waals surface area (Å²) in [6, 6.07) is 14.7. The topological polar surface area (TPSA) is 44.8 Å². The number of halogens is 1. The molecule has 1 heterocycles. The molecule has 1 atom stereocenters. The van der Waals surface area contributed by atoms with Crippen molar-refractivity contribution in [3.8, 4) is 0 Å². The van der Waals surface area contributed by atoms with E-state index in [1.54, 1.807) is 12.1 Å². The molecule has 1 aliphatic rings. The van der Waals surface area contributed by atoms with Crippen molar-refractivity contribution >= 4 is 30.2 Å². The molecule has 0 spiro atoms. The lowest BCUT2D eigenvalue weighted by molar-refractivity contribution is -0.0229. The molecule has 2 aromatic rings. The third-order valence-electron chi connectivity index (χ3n) is 4.26. The Morgan fingerprint density at radius 2 is 2.00 bits per heavy atom. The molecule has 0 N–H and O–H groups in total. The third-order valence-corrected chi connectivity index (χ3v) is 4.59. The van der Waals surface area contributed by atoms with Crippen LogP contribution in [0.2, 0.25) is 5.02 Å². The molecule has 2 aromatic carbocycles. The van der Waals surface area contributed by atoms with Crippen LogP contribution >= 0.6 is 11.6 Å². The molecule has 0 radical (unpaired) electrons. The van der Waals surface area contributed by atoms with Crippen molar-refractivity contribution in [1.29, 1.82) is 0 Å². The van der Waals surface area contributed by atoms with Crippen LogP contribution in [0.25, 0.3) is 0 Å². The lowest BCUT2D eigenvalue weighted by Gasteiger charge is -2.38. The molecular formula is C20H22BClO4. The van der Waals surface area contributed by atoms with Crippen LogP contribution < -0.4 is 5.46 Å². The maximum Gasteiger partial charge on any atom is 0.494 e. The van der Waals surface area contributed by atoms with Crippen LogP contribution in [-0.4, -0.2) is 24.8 Å². The fraction of sp³-hybridized carbons (Fsp3) is 0.350. The van der Waals surface area contributed by atoms with Gasteiger partial charge in [0.25, 0.3) is 0 Å². The lowest BCUT2D eigenvalue weighted by Crippen LogP contribution is -2.51. The van der Waals surface area contributed by atoms with Gasteiger partial charge in [-0.2, -0.15) is 0 Å². The predicted molar refractivity (Wildman–Crippen MR) is 103 cm³/mol. The summed E-state index contributed by atoms with van der Waals surface area (Å²) in [7, 11) is -0.535. The molecular weight excluding hydrogens is 350 g/mol. The molecule has 0 aromatic heterocycles. The first kappa shape index (κ1) is 19.0. The minimum atomic E-state index is -0.535. The number of esters is 1. The molecule has 1 unspecified atom stereocenters. The second kappa shape index (κ2) is 7.83. The van der Waals surface area contributed by atoms with Crippen molar-refractivity contribution in [3.63, 3.8) is 0 Å². The molecule has 6 heteroatoms. The van der Waals surface area contributed by atoms with Crippen LogP contribution in [0.3, 0.4) is 0 Å². The first-order chi connectivity index (χ1) is 12.3. The summed E-state index contributed by atoms with van der Waals surface area (Å²) in [5, 5.41) is 0.343. The Balaban J connectivity index is 1.76. The highest BCUT2D eigenvalue weighted by Gasteiger charge is 2.38. The molecule has 0 saturated carbocycles. The van der Waals surface area contributed by atoms with Gasteiger partial charge in [0.15, 0.2) is 0 Å². The average molecular weight is 373 g/mol. The number of hydrogen-bond acceptors (Lipinski definition) is 4. The zero-order chi connectivity index (χ0) is 18.7. The number of benzene rings is 2. The highest BCUT2D eigenvalue weighted by Crippen LogP contribution is 2.26. The molecule has 1 saturated heterocycles. The van der Waals surface area contributed by atoms with Gasteiger partial charge < -0.3 is 14.0 Å². The van der Waals surface area contributed by atoms with Gasteiger partial charge in [0, 0.05) is 6.10 Å². The van der Waals surface area contributed by atoms with Crippen molar-refractivity contribution in [3.05, 3.63) is 64.7 Å². The van der Waals surface area contributed by atoms with Gasteiger partial charge in [-0.3, -0.25) is 0 Å². The Morgan fingerprint density at radius 3 is 2.69 bits per heavy atom. The van der Waals surface area contributed by atoms with Crippen LogP contribution in [0.15, 0.2) is 48.5 Å². The van der Waals surface area contributed by atoms with E-state index in [2.05, 4.69) is 0 Å². The lowest BCUT2D eigenvalue weighted by atomic mass is 9.74. The van der Waals surface area contributed by atoms with Gasteiger partial charge in [0.2, 0.25) is 0 Å². The van der Waals surface area contributed by atoms with E-state index in [1.807, 2.05) is 57.2 Å². The molecule has 4 nitrogen and oxygen atoms in total. The van der Waals surface area contributed by atoms with E-state index in [4.69, 9.17) is 25.6 Å². The second-order valence-corrected chi connectivity index (χ2v) is 7.57. The number of hydrogen-bond donors (Lipinski definition) is 0. The molecule has 0 bridgehead atoms. The van der Waals surface area contributed by atoms with Crippen molar-refractivity contribution in [2.45, 2.75) is 45.5 Å². The van der Waals surface area contributed by atoms with Crippen molar-refractivity contribution in [2.24, 2.45) is 0 Å². The summed E-state index contributed by atoms with van der Waals surface area (Å²) in [5.41, 5.74) is 1.68. The molecule has 0 aliphatic carbocycles. The highest BCUT2D eigenvalue weighted by molar-refractivity contribution is 6.61. The van der Waals surface area contributed by atoms with Crippen LogP contribution in [0.5, 0.6) is 0 Å². The number of carbonyl (C=O) groups is 1. The molecule has 136 valence electrons. The molecule has 1 aliphatic heterocycles. The van der Waals surface area contributed by atoms with Crippen molar-refractivity contribution in [2.75, 3.05) is 0 Å². The number of carbonyl (C=O) groups excluding carboxylic acids is 1. The van der Waals surface area contributed by atoms with Gasteiger partial charge in [-0.25, -0.2) is 4.79 Å². The first-order valence-electron chi connectivity index (χ1n) is 8.68. The Kier molecular flexibility index (Phi) is 5.71. The van der Waals surface area contributed by atoms with E-state index in [9.17, 15) is 4.79 Å². The minimum Gasteiger partial charge on any atom is -0.457 e. The summed E-state index contributed by atoms with van der Waals surface area (Å²) in [5.74, 6) is -0.469. The van der Waals surface area contributed by atoms with E-state index >= 15 is 0 Å². The van der Waals surface area contributed by atoms with Crippen LogP contribution in [0.4, 0.5) is 0 Å². The average Bonchev–Trinajstić information content (AvgIpc) is 2.59.